The lowest BCUT2D eigenvalue weighted by Crippen LogP contribution is -2.29. The first kappa shape index (κ1) is 13.5. The Morgan fingerprint density at radius 2 is 2.06 bits per heavy atom. The van der Waals surface area contributed by atoms with Gasteiger partial charge in [0.15, 0.2) is 0 Å². The first-order valence-electron chi connectivity index (χ1n) is 4.94. The molecule has 2 unspecified atom stereocenters. The Morgan fingerprint density at radius 3 is 2.56 bits per heavy atom. The van der Waals surface area contributed by atoms with E-state index >= 15 is 0 Å². The van der Waals surface area contributed by atoms with Crippen molar-refractivity contribution >= 4 is 15.9 Å². The van der Waals surface area contributed by atoms with Gasteiger partial charge < -0.3 is 10.5 Å². The minimum Gasteiger partial charge on any atom is -0.379 e. The highest BCUT2D eigenvalue weighted by Crippen LogP contribution is 2.28. The summed E-state index contributed by atoms with van der Waals surface area (Å²) in [5.41, 5.74) is 5.67. The van der Waals surface area contributed by atoms with E-state index in [9.17, 15) is 8.78 Å². The van der Waals surface area contributed by atoms with Crippen LogP contribution in [0.5, 0.6) is 0 Å². The number of nitrogens with two attached hydrogens (primary N) is 1. The molecule has 0 bridgehead atoms. The number of ether oxygens (including phenoxy) is 1. The molecular weight excluding hydrogens is 280 g/mol. The predicted octanol–water partition coefficient (Wildman–Crippen LogP) is 3.15. The molecule has 1 aromatic carbocycles. The summed E-state index contributed by atoms with van der Waals surface area (Å²) < 4.78 is 32.5. The second kappa shape index (κ2) is 5.70. The number of methoxy groups -OCH3 is 1. The zero-order chi connectivity index (χ0) is 12.3. The van der Waals surface area contributed by atoms with Gasteiger partial charge in [0.25, 0.3) is 0 Å². The van der Waals surface area contributed by atoms with E-state index in [4.69, 9.17) is 10.5 Å². The minimum atomic E-state index is -0.813. The Labute approximate surface area is 102 Å². The van der Waals surface area contributed by atoms with Crippen molar-refractivity contribution < 1.29 is 13.5 Å². The van der Waals surface area contributed by atoms with Crippen molar-refractivity contribution in [1.82, 2.24) is 0 Å². The summed E-state index contributed by atoms with van der Waals surface area (Å²) in [5.74, 6) is -1.31. The molecular formula is C11H14BrF2NO. The highest BCUT2D eigenvalue weighted by Gasteiger charge is 2.25. The third kappa shape index (κ3) is 2.59. The van der Waals surface area contributed by atoms with Crippen molar-refractivity contribution in [2.45, 2.75) is 25.5 Å². The normalized spacial score (nSPS) is 14.9. The van der Waals surface area contributed by atoms with Gasteiger partial charge in [0.05, 0.1) is 16.6 Å². The van der Waals surface area contributed by atoms with Crippen LogP contribution in [0, 0.1) is 11.6 Å². The summed E-state index contributed by atoms with van der Waals surface area (Å²) >= 11 is 3.00. The topological polar surface area (TPSA) is 35.2 Å². The molecule has 0 fully saturated rings. The molecule has 5 heteroatoms. The van der Waals surface area contributed by atoms with Gasteiger partial charge in [-0.2, -0.15) is 0 Å². The molecule has 0 amide bonds. The lowest BCUT2D eigenvalue weighted by molar-refractivity contribution is 0.0750. The fourth-order valence-electron chi connectivity index (χ4n) is 1.60. The van der Waals surface area contributed by atoms with Crippen molar-refractivity contribution in [3.05, 3.63) is 33.8 Å². The van der Waals surface area contributed by atoms with Gasteiger partial charge in [-0.15, -0.1) is 0 Å². The molecule has 0 radical (unpaired) electrons. The molecule has 0 heterocycles. The fourth-order valence-corrected chi connectivity index (χ4v) is 1.95. The average molecular weight is 294 g/mol. The van der Waals surface area contributed by atoms with E-state index in [1.54, 1.807) is 0 Å². The van der Waals surface area contributed by atoms with Crippen LogP contribution < -0.4 is 5.73 Å². The maximum atomic E-state index is 13.7. The number of hydrogen-bond acceptors (Lipinski definition) is 2. The van der Waals surface area contributed by atoms with E-state index in [0.717, 1.165) is 0 Å². The molecule has 2 atom stereocenters. The molecule has 1 rings (SSSR count). The zero-order valence-corrected chi connectivity index (χ0v) is 10.7. The summed E-state index contributed by atoms with van der Waals surface area (Å²) in [7, 11) is 1.47. The number of rotatable bonds is 4. The van der Waals surface area contributed by atoms with Gasteiger partial charge in [-0.05, 0) is 34.5 Å². The molecule has 2 nitrogen and oxygen atoms in total. The molecule has 0 saturated carbocycles. The van der Waals surface area contributed by atoms with Crippen LogP contribution in [0.25, 0.3) is 0 Å². The first-order chi connectivity index (χ1) is 7.52. The van der Waals surface area contributed by atoms with E-state index in [1.807, 2.05) is 6.92 Å². The molecule has 90 valence electrons. The summed E-state index contributed by atoms with van der Waals surface area (Å²) in [6.07, 6.45) is 0.182. The standard InChI is InChI=1S/C11H14BrF2NO/c1-3-8(16-2)11(15)9-7(13)5-4-6(12)10(9)14/h4-5,8,11H,3,15H2,1-2H3. The Balaban J connectivity index is 3.16. The van der Waals surface area contributed by atoms with E-state index in [-0.39, 0.29) is 10.0 Å². The third-order valence-corrected chi connectivity index (χ3v) is 3.13. The van der Waals surface area contributed by atoms with E-state index in [1.165, 1.54) is 19.2 Å². The van der Waals surface area contributed by atoms with Gasteiger partial charge in [-0.3, -0.25) is 0 Å². The SMILES string of the molecule is CCC(OC)C(N)c1c(F)ccc(Br)c1F. The Hall–Kier alpha value is -0.520. The van der Waals surface area contributed by atoms with Gasteiger partial charge in [0, 0.05) is 12.7 Å². The van der Waals surface area contributed by atoms with Crippen LogP contribution in [0.3, 0.4) is 0 Å². The van der Waals surface area contributed by atoms with Crippen LogP contribution in [0.4, 0.5) is 8.78 Å². The second-order valence-electron chi connectivity index (χ2n) is 3.47. The van der Waals surface area contributed by atoms with E-state index in [2.05, 4.69) is 15.9 Å². The summed E-state index contributed by atoms with van der Waals surface area (Å²) in [4.78, 5) is 0. The van der Waals surface area contributed by atoms with Crippen LogP contribution in [0.2, 0.25) is 0 Å². The molecule has 0 aliphatic heterocycles. The Morgan fingerprint density at radius 1 is 1.44 bits per heavy atom. The lowest BCUT2D eigenvalue weighted by atomic mass is 9.99. The molecule has 0 spiro atoms. The number of benzene rings is 1. The van der Waals surface area contributed by atoms with Crippen molar-refractivity contribution in [2.24, 2.45) is 5.73 Å². The van der Waals surface area contributed by atoms with Crippen molar-refractivity contribution in [3.63, 3.8) is 0 Å². The molecule has 1 aromatic rings. The van der Waals surface area contributed by atoms with Crippen molar-refractivity contribution in [3.8, 4) is 0 Å². The van der Waals surface area contributed by atoms with Crippen LogP contribution in [0.15, 0.2) is 16.6 Å². The quantitative estimate of drug-likeness (QED) is 0.866. The minimum absolute atomic E-state index is 0.136. The summed E-state index contributed by atoms with van der Waals surface area (Å²) in [6, 6.07) is 1.69. The van der Waals surface area contributed by atoms with Gasteiger partial charge in [0.2, 0.25) is 0 Å². The molecule has 0 aliphatic rings. The van der Waals surface area contributed by atoms with Gasteiger partial charge in [-0.1, -0.05) is 6.92 Å². The summed E-state index contributed by atoms with van der Waals surface area (Å²) in [6.45, 7) is 1.85. The molecule has 16 heavy (non-hydrogen) atoms. The molecule has 2 N–H and O–H groups in total. The smallest absolute Gasteiger partial charge is 0.145 e. The van der Waals surface area contributed by atoms with Gasteiger partial charge >= 0.3 is 0 Å². The highest BCUT2D eigenvalue weighted by atomic mass is 79.9. The number of hydrogen-bond donors (Lipinski definition) is 1. The zero-order valence-electron chi connectivity index (χ0n) is 9.14. The van der Waals surface area contributed by atoms with Crippen molar-refractivity contribution in [2.75, 3.05) is 7.11 Å². The van der Waals surface area contributed by atoms with E-state index in [0.29, 0.717) is 6.42 Å². The lowest BCUT2D eigenvalue weighted by Gasteiger charge is -2.22. The predicted molar refractivity (Wildman–Crippen MR) is 62.1 cm³/mol. The molecule has 0 aliphatic carbocycles. The Kier molecular flexibility index (Phi) is 4.83. The molecule has 0 saturated heterocycles. The first-order valence-corrected chi connectivity index (χ1v) is 5.74. The van der Waals surface area contributed by atoms with Crippen LogP contribution in [-0.4, -0.2) is 13.2 Å². The van der Waals surface area contributed by atoms with Crippen molar-refractivity contribution in [1.29, 1.82) is 0 Å². The molecule has 0 aromatic heterocycles. The maximum Gasteiger partial charge on any atom is 0.145 e. The average Bonchev–Trinajstić information content (AvgIpc) is 2.26. The number of halogens is 3. The monoisotopic (exact) mass is 293 g/mol. The Bertz CT molecular complexity index is 369. The highest BCUT2D eigenvalue weighted by molar-refractivity contribution is 9.10. The second-order valence-corrected chi connectivity index (χ2v) is 4.32. The fraction of sp³-hybridized carbons (Fsp3) is 0.455. The van der Waals surface area contributed by atoms with Gasteiger partial charge in [0.1, 0.15) is 11.6 Å². The van der Waals surface area contributed by atoms with E-state index < -0.39 is 23.8 Å². The third-order valence-electron chi connectivity index (χ3n) is 2.52. The summed E-state index contributed by atoms with van der Waals surface area (Å²) in [5, 5.41) is 0. The largest absolute Gasteiger partial charge is 0.379 e. The van der Waals surface area contributed by atoms with Gasteiger partial charge in [-0.25, -0.2) is 8.78 Å². The van der Waals surface area contributed by atoms with Crippen LogP contribution >= 0.6 is 15.9 Å². The van der Waals surface area contributed by atoms with Crippen LogP contribution in [-0.2, 0) is 4.74 Å². The van der Waals surface area contributed by atoms with Crippen LogP contribution in [0.1, 0.15) is 24.9 Å². The maximum absolute atomic E-state index is 13.7.